The first-order chi connectivity index (χ1) is 12.1. The Morgan fingerprint density at radius 3 is 2.44 bits per heavy atom. The number of rotatable bonds is 4. The highest BCUT2D eigenvalue weighted by molar-refractivity contribution is 5.92. The Kier molecular flexibility index (Phi) is 4.34. The number of carbonyl (C=O) groups excluding carboxylic acids is 1. The average molecular weight is 338 g/mol. The van der Waals surface area contributed by atoms with Crippen molar-refractivity contribution in [3.05, 3.63) is 53.3 Å². The summed E-state index contributed by atoms with van der Waals surface area (Å²) < 4.78 is 0. The largest absolute Gasteiger partial charge is 0.337 e. The number of carbonyl (C=O) groups is 1. The van der Waals surface area contributed by atoms with Crippen LogP contribution in [-0.2, 0) is 6.54 Å². The lowest BCUT2D eigenvalue weighted by Gasteiger charge is -2.21. The molecule has 0 bridgehead atoms. The van der Waals surface area contributed by atoms with Gasteiger partial charge in [-0.05, 0) is 29.4 Å². The van der Waals surface area contributed by atoms with Crippen LogP contribution in [0.15, 0.2) is 36.4 Å². The van der Waals surface area contributed by atoms with Gasteiger partial charge in [0.2, 0.25) is 0 Å². The second-order valence-corrected chi connectivity index (χ2v) is 7.77. The van der Waals surface area contributed by atoms with Crippen LogP contribution in [0.4, 0.5) is 0 Å². The van der Waals surface area contributed by atoms with Crippen molar-refractivity contribution in [2.24, 2.45) is 11.8 Å². The van der Waals surface area contributed by atoms with Crippen molar-refractivity contribution in [3.63, 3.8) is 0 Å². The van der Waals surface area contributed by atoms with Crippen molar-refractivity contribution >= 4 is 5.91 Å². The summed E-state index contributed by atoms with van der Waals surface area (Å²) in [6.45, 7) is 9.10. The van der Waals surface area contributed by atoms with Crippen LogP contribution in [-0.4, -0.2) is 52.1 Å². The number of benzene rings is 1. The highest BCUT2D eigenvalue weighted by Gasteiger charge is 2.41. The van der Waals surface area contributed by atoms with Gasteiger partial charge in [0.25, 0.3) is 5.91 Å². The van der Waals surface area contributed by atoms with E-state index in [1.807, 2.05) is 11.0 Å². The Morgan fingerprint density at radius 1 is 1.16 bits per heavy atom. The molecule has 0 unspecified atom stereocenters. The Balaban J connectivity index is 1.35. The zero-order valence-corrected chi connectivity index (χ0v) is 15.0. The molecular formula is C20H26N4O. The van der Waals surface area contributed by atoms with E-state index in [0.29, 0.717) is 23.4 Å². The van der Waals surface area contributed by atoms with E-state index in [1.165, 1.54) is 5.56 Å². The molecule has 0 aliphatic carbocycles. The van der Waals surface area contributed by atoms with E-state index in [-0.39, 0.29) is 5.91 Å². The van der Waals surface area contributed by atoms with E-state index in [4.69, 9.17) is 0 Å². The molecule has 5 heteroatoms. The first-order valence-corrected chi connectivity index (χ1v) is 9.21. The molecule has 1 aromatic carbocycles. The zero-order valence-electron chi connectivity index (χ0n) is 15.0. The third-order valence-corrected chi connectivity index (χ3v) is 5.54. The number of H-pyrrole nitrogens is 1. The highest BCUT2D eigenvalue weighted by Crippen LogP contribution is 2.32. The number of hydrogen-bond donors (Lipinski definition) is 1. The summed E-state index contributed by atoms with van der Waals surface area (Å²) in [5.74, 6) is 1.62. The summed E-state index contributed by atoms with van der Waals surface area (Å²) in [4.78, 5) is 17.2. The van der Waals surface area contributed by atoms with Crippen LogP contribution in [0, 0.1) is 11.8 Å². The summed E-state index contributed by atoms with van der Waals surface area (Å²) in [6, 6.07) is 12.5. The van der Waals surface area contributed by atoms with Gasteiger partial charge in [-0.15, -0.1) is 0 Å². The first kappa shape index (κ1) is 16.3. The third kappa shape index (κ3) is 3.33. The molecule has 0 spiro atoms. The van der Waals surface area contributed by atoms with E-state index in [2.05, 4.69) is 59.3 Å². The van der Waals surface area contributed by atoms with Gasteiger partial charge < -0.3 is 4.90 Å². The van der Waals surface area contributed by atoms with Crippen molar-refractivity contribution in [3.8, 4) is 0 Å². The molecule has 2 aromatic rings. The van der Waals surface area contributed by atoms with E-state index >= 15 is 0 Å². The zero-order chi connectivity index (χ0) is 17.4. The monoisotopic (exact) mass is 338 g/mol. The molecule has 5 nitrogen and oxygen atoms in total. The fourth-order valence-electron chi connectivity index (χ4n) is 4.13. The number of likely N-dealkylation sites (tertiary alicyclic amines) is 2. The van der Waals surface area contributed by atoms with Gasteiger partial charge >= 0.3 is 0 Å². The van der Waals surface area contributed by atoms with E-state index < -0.39 is 0 Å². The van der Waals surface area contributed by atoms with Crippen LogP contribution in [0.3, 0.4) is 0 Å². The van der Waals surface area contributed by atoms with Crippen LogP contribution in [0.1, 0.15) is 41.5 Å². The maximum atomic E-state index is 12.7. The third-order valence-electron chi connectivity index (χ3n) is 5.54. The van der Waals surface area contributed by atoms with Gasteiger partial charge in [0.1, 0.15) is 5.69 Å². The molecule has 2 aliphatic heterocycles. The molecule has 2 aliphatic rings. The molecule has 3 heterocycles. The number of nitrogens with one attached hydrogen (secondary N) is 1. The van der Waals surface area contributed by atoms with Crippen LogP contribution in [0.5, 0.6) is 0 Å². The molecule has 1 aromatic heterocycles. The maximum absolute atomic E-state index is 12.7. The van der Waals surface area contributed by atoms with Crippen molar-refractivity contribution in [2.45, 2.75) is 26.3 Å². The Labute approximate surface area is 149 Å². The number of aromatic amines is 1. The number of amides is 1. The molecule has 132 valence electrons. The summed E-state index contributed by atoms with van der Waals surface area (Å²) in [5, 5.41) is 7.21. The van der Waals surface area contributed by atoms with Crippen LogP contribution >= 0.6 is 0 Å². The average Bonchev–Trinajstić information content (AvgIpc) is 3.29. The molecule has 2 fully saturated rings. The van der Waals surface area contributed by atoms with Gasteiger partial charge in [-0.3, -0.25) is 14.8 Å². The van der Waals surface area contributed by atoms with Crippen molar-refractivity contribution in [1.29, 1.82) is 0 Å². The van der Waals surface area contributed by atoms with E-state index in [0.717, 1.165) is 38.4 Å². The molecule has 2 saturated heterocycles. The molecule has 1 amide bonds. The number of nitrogens with zero attached hydrogens (tertiary/aromatic N) is 3. The minimum atomic E-state index is 0.0761. The highest BCUT2D eigenvalue weighted by atomic mass is 16.2. The SMILES string of the molecule is CC(C)c1cc(C(=O)N2C[C@H]3CN(Cc4ccccc4)C[C@H]3C2)n[nH]1. The van der Waals surface area contributed by atoms with Crippen molar-refractivity contribution in [2.75, 3.05) is 26.2 Å². The summed E-state index contributed by atoms with van der Waals surface area (Å²) >= 11 is 0. The minimum absolute atomic E-state index is 0.0761. The molecule has 1 N–H and O–H groups in total. The van der Waals surface area contributed by atoms with Crippen LogP contribution in [0.25, 0.3) is 0 Å². The predicted octanol–water partition coefficient (Wildman–Crippen LogP) is 2.74. The van der Waals surface area contributed by atoms with Gasteiger partial charge in [0.15, 0.2) is 0 Å². The number of fused-ring (bicyclic) bond motifs is 1. The lowest BCUT2D eigenvalue weighted by atomic mass is 10.0. The molecule has 0 radical (unpaired) electrons. The topological polar surface area (TPSA) is 52.2 Å². The predicted molar refractivity (Wildman–Crippen MR) is 97.3 cm³/mol. The smallest absolute Gasteiger partial charge is 0.274 e. The normalized spacial score (nSPS) is 23.4. The number of hydrogen-bond acceptors (Lipinski definition) is 3. The molecule has 4 rings (SSSR count). The second-order valence-electron chi connectivity index (χ2n) is 7.77. The first-order valence-electron chi connectivity index (χ1n) is 9.21. The van der Waals surface area contributed by atoms with Crippen molar-refractivity contribution < 1.29 is 4.79 Å². The Hall–Kier alpha value is -2.14. The molecule has 0 saturated carbocycles. The van der Waals surface area contributed by atoms with Crippen LogP contribution < -0.4 is 0 Å². The lowest BCUT2D eigenvalue weighted by molar-refractivity contribution is 0.0767. The summed E-state index contributed by atoms with van der Waals surface area (Å²) in [6.07, 6.45) is 0. The van der Waals surface area contributed by atoms with E-state index in [1.54, 1.807) is 0 Å². The lowest BCUT2D eigenvalue weighted by Crippen LogP contribution is -2.33. The Bertz CT molecular complexity index is 725. The number of aromatic nitrogens is 2. The molecule has 2 atom stereocenters. The maximum Gasteiger partial charge on any atom is 0.274 e. The minimum Gasteiger partial charge on any atom is -0.337 e. The quantitative estimate of drug-likeness (QED) is 0.933. The van der Waals surface area contributed by atoms with Gasteiger partial charge in [0.05, 0.1) is 0 Å². The second kappa shape index (κ2) is 6.64. The summed E-state index contributed by atoms with van der Waals surface area (Å²) in [7, 11) is 0. The fraction of sp³-hybridized carbons (Fsp3) is 0.500. The van der Waals surface area contributed by atoms with Crippen LogP contribution in [0.2, 0.25) is 0 Å². The van der Waals surface area contributed by atoms with Gasteiger partial charge in [-0.2, -0.15) is 5.10 Å². The van der Waals surface area contributed by atoms with Gasteiger partial charge in [0, 0.05) is 38.4 Å². The van der Waals surface area contributed by atoms with Crippen molar-refractivity contribution in [1.82, 2.24) is 20.0 Å². The molecule has 25 heavy (non-hydrogen) atoms. The Morgan fingerprint density at radius 2 is 1.84 bits per heavy atom. The molecular weight excluding hydrogens is 312 g/mol. The fourth-order valence-corrected chi connectivity index (χ4v) is 4.13. The van der Waals surface area contributed by atoms with Gasteiger partial charge in [-0.1, -0.05) is 44.2 Å². The summed E-state index contributed by atoms with van der Waals surface area (Å²) in [5.41, 5.74) is 2.95. The van der Waals surface area contributed by atoms with E-state index in [9.17, 15) is 4.79 Å². The van der Waals surface area contributed by atoms with Gasteiger partial charge in [-0.25, -0.2) is 0 Å². The standard InChI is InChI=1S/C20H26N4O/c1-14(2)18-8-19(22-21-18)20(25)24-12-16-10-23(11-17(16)13-24)9-15-6-4-3-5-7-15/h3-8,14,16-17H,9-13H2,1-2H3,(H,21,22)/t16-,17+.